The minimum atomic E-state index is -4.68. The lowest BCUT2D eigenvalue weighted by molar-refractivity contribution is -0.274. The van der Waals surface area contributed by atoms with Gasteiger partial charge in [0.05, 0.1) is 17.8 Å². The van der Waals surface area contributed by atoms with Gasteiger partial charge in [0, 0.05) is 12.6 Å². The minimum Gasteiger partial charge on any atom is -0.406 e. The van der Waals surface area contributed by atoms with Gasteiger partial charge < -0.3 is 9.30 Å². The fourth-order valence-corrected chi connectivity index (χ4v) is 1.89. The van der Waals surface area contributed by atoms with Crippen LogP contribution in [0.15, 0.2) is 30.5 Å². The zero-order valence-corrected chi connectivity index (χ0v) is 10.7. The predicted molar refractivity (Wildman–Crippen MR) is 64.9 cm³/mol. The van der Waals surface area contributed by atoms with Gasteiger partial charge in [-0.25, -0.2) is 4.98 Å². The third-order valence-corrected chi connectivity index (χ3v) is 2.84. The number of ether oxygens (including phenoxy) is 1. The lowest BCUT2D eigenvalue weighted by Crippen LogP contribution is -2.16. The van der Waals surface area contributed by atoms with E-state index in [2.05, 4.69) is 9.72 Å². The standard InChI is InChI=1S/C12H10ClF3N2O/c1-18-9(6-13)7-17-11(18)8-2-4-10(5-3-8)19-12(14,15)16/h2-5,7H,6H2,1H3. The van der Waals surface area contributed by atoms with Gasteiger partial charge in [0.15, 0.2) is 0 Å². The quantitative estimate of drug-likeness (QED) is 0.806. The van der Waals surface area contributed by atoms with Crippen molar-refractivity contribution in [1.29, 1.82) is 0 Å². The summed E-state index contributed by atoms with van der Waals surface area (Å²) in [5.74, 6) is 0.691. The highest BCUT2D eigenvalue weighted by Crippen LogP contribution is 2.26. The van der Waals surface area contributed by atoms with Crippen LogP contribution in [-0.4, -0.2) is 15.9 Å². The number of hydrogen-bond acceptors (Lipinski definition) is 2. The largest absolute Gasteiger partial charge is 0.573 e. The van der Waals surface area contributed by atoms with Crippen molar-refractivity contribution in [3.05, 3.63) is 36.2 Å². The Morgan fingerprint density at radius 3 is 2.37 bits per heavy atom. The number of hydrogen-bond donors (Lipinski definition) is 0. The molecule has 0 N–H and O–H groups in total. The van der Waals surface area contributed by atoms with E-state index in [-0.39, 0.29) is 5.75 Å². The number of halogens is 4. The van der Waals surface area contributed by atoms with Crippen molar-refractivity contribution < 1.29 is 17.9 Å². The van der Waals surface area contributed by atoms with E-state index >= 15 is 0 Å². The first-order chi connectivity index (χ1) is 8.90. The van der Waals surface area contributed by atoms with E-state index in [0.29, 0.717) is 17.3 Å². The van der Waals surface area contributed by atoms with Gasteiger partial charge in [-0.2, -0.15) is 0 Å². The zero-order valence-electron chi connectivity index (χ0n) is 9.91. The highest BCUT2D eigenvalue weighted by atomic mass is 35.5. The third-order valence-electron chi connectivity index (χ3n) is 2.57. The van der Waals surface area contributed by atoms with Crippen LogP contribution < -0.4 is 4.74 Å². The fourth-order valence-electron chi connectivity index (χ4n) is 1.64. The first-order valence-corrected chi connectivity index (χ1v) is 5.87. The Bertz CT molecular complexity index is 563. The Morgan fingerprint density at radius 2 is 1.89 bits per heavy atom. The van der Waals surface area contributed by atoms with Crippen LogP contribution in [0.25, 0.3) is 11.4 Å². The fraction of sp³-hybridized carbons (Fsp3) is 0.250. The van der Waals surface area contributed by atoms with Crippen molar-refractivity contribution in [2.24, 2.45) is 7.05 Å². The van der Waals surface area contributed by atoms with Crippen LogP contribution in [0, 0.1) is 0 Å². The van der Waals surface area contributed by atoms with E-state index in [9.17, 15) is 13.2 Å². The second-order valence-electron chi connectivity index (χ2n) is 3.84. The lowest BCUT2D eigenvalue weighted by atomic mass is 10.2. The molecule has 102 valence electrons. The molecule has 0 aliphatic heterocycles. The highest BCUT2D eigenvalue weighted by Gasteiger charge is 2.31. The number of benzene rings is 1. The molecule has 1 aromatic carbocycles. The van der Waals surface area contributed by atoms with Crippen LogP contribution in [0.3, 0.4) is 0 Å². The number of aromatic nitrogens is 2. The van der Waals surface area contributed by atoms with Crippen molar-refractivity contribution in [2.45, 2.75) is 12.2 Å². The summed E-state index contributed by atoms with van der Waals surface area (Å²) in [5.41, 5.74) is 1.51. The van der Waals surface area contributed by atoms with E-state index in [1.807, 2.05) is 0 Å². The first kappa shape index (κ1) is 13.7. The van der Waals surface area contributed by atoms with Gasteiger partial charge >= 0.3 is 6.36 Å². The molecule has 0 bridgehead atoms. The maximum Gasteiger partial charge on any atom is 0.573 e. The average Bonchev–Trinajstić information content (AvgIpc) is 2.69. The Balaban J connectivity index is 2.25. The minimum absolute atomic E-state index is 0.261. The summed E-state index contributed by atoms with van der Waals surface area (Å²) >= 11 is 5.73. The third kappa shape index (κ3) is 3.20. The molecule has 0 atom stereocenters. The Labute approximate surface area is 112 Å². The number of imidazole rings is 1. The molecule has 7 heteroatoms. The van der Waals surface area contributed by atoms with Crippen molar-refractivity contribution in [3.63, 3.8) is 0 Å². The molecule has 0 saturated carbocycles. The normalized spacial score (nSPS) is 11.6. The molecular weight excluding hydrogens is 281 g/mol. The molecule has 1 heterocycles. The van der Waals surface area contributed by atoms with Crippen LogP contribution in [0.2, 0.25) is 0 Å². The summed E-state index contributed by atoms with van der Waals surface area (Å²) in [4.78, 5) is 4.18. The Morgan fingerprint density at radius 1 is 1.26 bits per heavy atom. The smallest absolute Gasteiger partial charge is 0.406 e. The van der Waals surface area contributed by atoms with E-state index in [1.165, 1.54) is 24.3 Å². The van der Waals surface area contributed by atoms with Crippen LogP contribution in [0.5, 0.6) is 5.75 Å². The van der Waals surface area contributed by atoms with Gasteiger partial charge in [0.1, 0.15) is 11.6 Å². The molecular formula is C12H10ClF3N2O. The number of nitrogens with zero attached hydrogens (tertiary/aromatic N) is 2. The molecule has 19 heavy (non-hydrogen) atoms. The van der Waals surface area contributed by atoms with Crippen LogP contribution in [-0.2, 0) is 12.9 Å². The number of rotatable bonds is 3. The second kappa shape index (κ2) is 5.13. The molecule has 0 saturated heterocycles. The molecule has 0 amide bonds. The van der Waals surface area contributed by atoms with E-state index in [4.69, 9.17) is 11.6 Å². The van der Waals surface area contributed by atoms with Crippen molar-refractivity contribution in [1.82, 2.24) is 9.55 Å². The Kier molecular flexibility index (Phi) is 3.71. The van der Waals surface area contributed by atoms with Gasteiger partial charge in [-0.05, 0) is 24.3 Å². The van der Waals surface area contributed by atoms with E-state index in [1.54, 1.807) is 17.8 Å². The summed E-state index contributed by atoms with van der Waals surface area (Å²) < 4.78 is 41.7. The summed E-state index contributed by atoms with van der Waals surface area (Å²) in [5, 5.41) is 0. The lowest BCUT2D eigenvalue weighted by Gasteiger charge is -2.09. The van der Waals surface area contributed by atoms with Crippen molar-refractivity contribution in [2.75, 3.05) is 0 Å². The monoisotopic (exact) mass is 290 g/mol. The van der Waals surface area contributed by atoms with Crippen LogP contribution in [0.4, 0.5) is 13.2 Å². The van der Waals surface area contributed by atoms with Gasteiger partial charge in [0.25, 0.3) is 0 Å². The summed E-state index contributed by atoms with van der Waals surface area (Å²) in [6, 6.07) is 5.53. The molecule has 0 aliphatic carbocycles. The topological polar surface area (TPSA) is 27.1 Å². The summed E-state index contributed by atoms with van der Waals surface area (Å²) in [6.07, 6.45) is -3.06. The molecule has 0 fully saturated rings. The van der Waals surface area contributed by atoms with Crippen LogP contribution >= 0.6 is 11.6 Å². The molecule has 0 aliphatic rings. The molecule has 0 radical (unpaired) electrons. The molecule has 3 nitrogen and oxygen atoms in total. The SMILES string of the molecule is Cn1c(CCl)cnc1-c1ccc(OC(F)(F)F)cc1. The maximum absolute atomic E-state index is 12.0. The molecule has 1 aromatic heterocycles. The maximum atomic E-state index is 12.0. The van der Waals surface area contributed by atoms with E-state index < -0.39 is 6.36 Å². The first-order valence-electron chi connectivity index (χ1n) is 5.33. The second-order valence-corrected chi connectivity index (χ2v) is 4.11. The molecule has 2 aromatic rings. The Hall–Kier alpha value is -1.69. The highest BCUT2D eigenvalue weighted by molar-refractivity contribution is 6.16. The average molecular weight is 291 g/mol. The van der Waals surface area contributed by atoms with Gasteiger partial charge in [-0.15, -0.1) is 24.8 Å². The predicted octanol–water partition coefficient (Wildman–Crippen LogP) is 3.72. The number of alkyl halides is 4. The molecule has 2 rings (SSSR count). The van der Waals surface area contributed by atoms with Crippen LogP contribution in [0.1, 0.15) is 5.69 Å². The van der Waals surface area contributed by atoms with Gasteiger partial charge in [0.2, 0.25) is 0 Å². The van der Waals surface area contributed by atoms with Crippen molar-refractivity contribution >= 4 is 11.6 Å². The molecule has 0 unspecified atom stereocenters. The van der Waals surface area contributed by atoms with Gasteiger partial charge in [-0.1, -0.05) is 0 Å². The summed E-state index contributed by atoms with van der Waals surface area (Å²) in [7, 11) is 1.79. The van der Waals surface area contributed by atoms with Gasteiger partial charge in [-0.3, -0.25) is 0 Å². The van der Waals surface area contributed by atoms with Crippen molar-refractivity contribution in [3.8, 4) is 17.1 Å². The summed E-state index contributed by atoms with van der Waals surface area (Å²) in [6.45, 7) is 0. The molecule has 0 spiro atoms. The zero-order chi connectivity index (χ0) is 14.0. The van der Waals surface area contributed by atoms with E-state index in [0.717, 1.165) is 5.69 Å².